The zero-order chi connectivity index (χ0) is 13.8. The van der Waals surface area contributed by atoms with E-state index >= 15 is 0 Å². The van der Waals surface area contributed by atoms with Gasteiger partial charge < -0.3 is 4.90 Å². The smallest absolute Gasteiger partial charge is 0.241 e. The molecule has 0 saturated carbocycles. The van der Waals surface area contributed by atoms with Crippen molar-refractivity contribution < 1.29 is 4.79 Å². The Morgan fingerprint density at radius 2 is 2.16 bits per heavy atom. The van der Waals surface area contributed by atoms with Crippen LogP contribution in [0.3, 0.4) is 0 Å². The summed E-state index contributed by atoms with van der Waals surface area (Å²) in [4.78, 5) is 16.6. The first kappa shape index (κ1) is 14.1. The van der Waals surface area contributed by atoms with Crippen molar-refractivity contribution in [1.29, 1.82) is 0 Å². The highest BCUT2D eigenvalue weighted by molar-refractivity contribution is 5.97. The van der Waals surface area contributed by atoms with Gasteiger partial charge in [-0.2, -0.15) is 0 Å². The fourth-order valence-electron chi connectivity index (χ4n) is 2.76. The lowest BCUT2D eigenvalue weighted by atomic mass is 10.1. The van der Waals surface area contributed by atoms with Crippen LogP contribution < -0.4 is 4.90 Å². The van der Waals surface area contributed by atoms with E-state index in [0.717, 1.165) is 25.1 Å². The van der Waals surface area contributed by atoms with E-state index in [0.29, 0.717) is 6.54 Å². The number of carbonyl (C=O) groups is 1. The van der Waals surface area contributed by atoms with E-state index in [-0.39, 0.29) is 11.9 Å². The second kappa shape index (κ2) is 6.20. The van der Waals surface area contributed by atoms with Crippen LogP contribution in [0.25, 0.3) is 0 Å². The maximum atomic E-state index is 12.5. The second-order valence-electron chi connectivity index (χ2n) is 5.54. The van der Waals surface area contributed by atoms with Crippen LogP contribution in [-0.2, 0) is 11.2 Å². The highest BCUT2D eigenvalue weighted by atomic mass is 16.2. The highest BCUT2D eigenvalue weighted by Crippen LogP contribution is 2.31. The van der Waals surface area contributed by atoms with Crippen molar-refractivity contribution in [3.8, 4) is 0 Å². The number of hydrogen-bond acceptors (Lipinski definition) is 2. The molecular weight excluding hydrogens is 236 g/mol. The van der Waals surface area contributed by atoms with Gasteiger partial charge in [0.15, 0.2) is 0 Å². The highest BCUT2D eigenvalue weighted by Gasteiger charge is 2.30. The minimum Gasteiger partial charge on any atom is -0.308 e. The van der Waals surface area contributed by atoms with Crippen molar-refractivity contribution in [3.63, 3.8) is 0 Å². The number of rotatable bonds is 5. The first-order valence-corrected chi connectivity index (χ1v) is 7.22. The predicted molar refractivity (Wildman–Crippen MR) is 79.5 cm³/mol. The molecule has 0 aliphatic carbocycles. The first-order valence-electron chi connectivity index (χ1n) is 7.22. The second-order valence-corrected chi connectivity index (χ2v) is 5.54. The third kappa shape index (κ3) is 3.16. The normalized spacial score (nSPS) is 17.9. The lowest BCUT2D eigenvalue weighted by molar-refractivity contribution is -0.119. The van der Waals surface area contributed by atoms with Gasteiger partial charge in [0, 0.05) is 11.7 Å². The van der Waals surface area contributed by atoms with Gasteiger partial charge in [0.05, 0.1) is 6.54 Å². The lowest BCUT2D eigenvalue weighted by Crippen LogP contribution is -2.42. The number of carbonyl (C=O) groups excluding carboxylic acids is 1. The van der Waals surface area contributed by atoms with Gasteiger partial charge >= 0.3 is 0 Å². The van der Waals surface area contributed by atoms with E-state index in [9.17, 15) is 4.79 Å². The molecule has 104 valence electrons. The first-order chi connectivity index (χ1) is 9.13. The maximum absolute atomic E-state index is 12.5. The molecule has 1 heterocycles. The summed E-state index contributed by atoms with van der Waals surface area (Å²) < 4.78 is 0. The van der Waals surface area contributed by atoms with Crippen LogP contribution in [0.1, 0.15) is 32.3 Å². The van der Waals surface area contributed by atoms with Gasteiger partial charge in [0.2, 0.25) is 5.91 Å². The topological polar surface area (TPSA) is 23.6 Å². The molecule has 2 rings (SSSR count). The molecule has 0 N–H and O–H groups in total. The maximum Gasteiger partial charge on any atom is 0.241 e. The average Bonchev–Trinajstić information content (AvgIpc) is 2.72. The van der Waals surface area contributed by atoms with Crippen molar-refractivity contribution in [2.75, 3.05) is 25.0 Å². The summed E-state index contributed by atoms with van der Waals surface area (Å²) in [5, 5.41) is 0. The van der Waals surface area contributed by atoms with Crippen molar-refractivity contribution in [3.05, 3.63) is 29.8 Å². The SMILES string of the molecule is CCCCN(C)CC(=O)N1c2ccccc2CC1C. The number of anilines is 1. The number of para-hydroxylation sites is 1. The van der Waals surface area contributed by atoms with E-state index in [1.807, 2.05) is 24.1 Å². The molecule has 1 aromatic rings. The van der Waals surface area contributed by atoms with Crippen molar-refractivity contribution in [2.45, 2.75) is 39.2 Å². The number of hydrogen-bond donors (Lipinski definition) is 0. The minimum atomic E-state index is 0.219. The molecule has 0 bridgehead atoms. The predicted octanol–water partition coefficient (Wildman–Crippen LogP) is 2.70. The summed E-state index contributed by atoms with van der Waals surface area (Å²) in [6.45, 7) is 5.81. The Balaban J connectivity index is 2.03. The fraction of sp³-hybridized carbons (Fsp3) is 0.562. The summed E-state index contributed by atoms with van der Waals surface area (Å²) in [5.41, 5.74) is 2.39. The Morgan fingerprint density at radius 3 is 2.89 bits per heavy atom. The standard InChI is InChI=1S/C16H24N2O/c1-4-5-10-17(3)12-16(19)18-13(2)11-14-8-6-7-9-15(14)18/h6-9,13H,4-5,10-12H2,1-3H3. The Hall–Kier alpha value is -1.35. The van der Waals surface area contributed by atoms with Gasteiger partial charge in [-0.05, 0) is 45.0 Å². The van der Waals surface area contributed by atoms with Crippen LogP contribution in [0, 0.1) is 0 Å². The van der Waals surface area contributed by atoms with Crippen LogP contribution in [0.15, 0.2) is 24.3 Å². The summed E-state index contributed by atoms with van der Waals surface area (Å²) >= 11 is 0. The molecule has 0 saturated heterocycles. The number of likely N-dealkylation sites (N-methyl/N-ethyl adjacent to an activating group) is 1. The molecule has 19 heavy (non-hydrogen) atoms. The zero-order valence-electron chi connectivity index (χ0n) is 12.2. The summed E-state index contributed by atoms with van der Waals surface area (Å²) in [6, 6.07) is 8.53. The third-order valence-corrected chi connectivity index (χ3v) is 3.77. The van der Waals surface area contributed by atoms with Crippen LogP contribution in [0.4, 0.5) is 5.69 Å². The van der Waals surface area contributed by atoms with Crippen molar-refractivity contribution >= 4 is 11.6 Å². The number of fused-ring (bicyclic) bond motifs is 1. The molecule has 3 nitrogen and oxygen atoms in total. The number of nitrogens with zero attached hydrogens (tertiary/aromatic N) is 2. The molecule has 1 aromatic carbocycles. The lowest BCUT2D eigenvalue weighted by Gasteiger charge is -2.25. The molecular formula is C16H24N2O. The van der Waals surface area contributed by atoms with Crippen LogP contribution in [0.5, 0.6) is 0 Å². The molecule has 0 aromatic heterocycles. The van der Waals surface area contributed by atoms with E-state index < -0.39 is 0 Å². The summed E-state index contributed by atoms with van der Waals surface area (Å²) in [6.07, 6.45) is 3.29. The zero-order valence-corrected chi connectivity index (χ0v) is 12.2. The molecule has 3 heteroatoms. The minimum absolute atomic E-state index is 0.219. The van der Waals surface area contributed by atoms with Crippen LogP contribution in [-0.4, -0.2) is 37.0 Å². The van der Waals surface area contributed by atoms with E-state index in [4.69, 9.17) is 0 Å². The van der Waals surface area contributed by atoms with Gasteiger partial charge in [-0.3, -0.25) is 9.69 Å². The molecule has 1 aliphatic rings. The molecule has 1 atom stereocenters. The van der Waals surface area contributed by atoms with Gasteiger partial charge in [0.25, 0.3) is 0 Å². The molecule has 0 fully saturated rings. The van der Waals surface area contributed by atoms with E-state index in [2.05, 4.69) is 30.9 Å². The fourth-order valence-corrected chi connectivity index (χ4v) is 2.76. The Morgan fingerprint density at radius 1 is 1.42 bits per heavy atom. The van der Waals surface area contributed by atoms with Gasteiger partial charge in [-0.1, -0.05) is 31.5 Å². The van der Waals surface area contributed by atoms with Gasteiger partial charge in [-0.15, -0.1) is 0 Å². The van der Waals surface area contributed by atoms with Crippen LogP contribution in [0.2, 0.25) is 0 Å². The van der Waals surface area contributed by atoms with Gasteiger partial charge in [0.1, 0.15) is 0 Å². The molecule has 0 radical (unpaired) electrons. The number of benzene rings is 1. The molecule has 1 amide bonds. The molecule has 0 spiro atoms. The largest absolute Gasteiger partial charge is 0.308 e. The van der Waals surface area contributed by atoms with Crippen LogP contribution >= 0.6 is 0 Å². The van der Waals surface area contributed by atoms with Crippen molar-refractivity contribution in [2.24, 2.45) is 0 Å². The Labute approximate surface area is 116 Å². The number of amides is 1. The molecule has 1 aliphatic heterocycles. The molecule has 1 unspecified atom stereocenters. The average molecular weight is 260 g/mol. The Kier molecular flexibility index (Phi) is 4.59. The van der Waals surface area contributed by atoms with Crippen molar-refractivity contribution in [1.82, 2.24) is 4.90 Å². The van der Waals surface area contributed by atoms with Gasteiger partial charge in [-0.25, -0.2) is 0 Å². The third-order valence-electron chi connectivity index (χ3n) is 3.77. The Bertz CT molecular complexity index is 444. The van der Waals surface area contributed by atoms with E-state index in [1.54, 1.807) is 0 Å². The van der Waals surface area contributed by atoms with E-state index in [1.165, 1.54) is 12.0 Å². The quantitative estimate of drug-likeness (QED) is 0.812. The number of unbranched alkanes of at least 4 members (excludes halogenated alkanes) is 1. The summed E-state index contributed by atoms with van der Waals surface area (Å²) in [7, 11) is 2.03. The monoisotopic (exact) mass is 260 g/mol. The summed E-state index contributed by atoms with van der Waals surface area (Å²) in [5.74, 6) is 0.219.